The Morgan fingerprint density at radius 1 is 1.14 bits per heavy atom. The fraction of sp³-hybridized carbons (Fsp3) is 0.250. The molecule has 0 saturated heterocycles. The van der Waals surface area contributed by atoms with Gasteiger partial charge in [-0.15, -0.1) is 0 Å². The maximum absolute atomic E-state index is 11.0. The van der Waals surface area contributed by atoms with E-state index in [2.05, 4.69) is 22.3 Å². The van der Waals surface area contributed by atoms with E-state index < -0.39 is 0 Å². The monoisotopic (exact) mass is 285 g/mol. The van der Waals surface area contributed by atoms with Gasteiger partial charge in [0.05, 0.1) is 4.92 Å². The number of nitrogens with one attached hydrogen (secondary N) is 1. The first-order valence-electron chi connectivity index (χ1n) is 6.76. The van der Waals surface area contributed by atoms with E-state index in [4.69, 9.17) is 0 Å². The molecule has 0 radical (unpaired) electrons. The molecule has 0 fully saturated rings. The molecule has 2 rings (SSSR count). The molecule has 0 atom stereocenters. The van der Waals surface area contributed by atoms with Gasteiger partial charge in [-0.25, -0.2) is 0 Å². The van der Waals surface area contributed by atoms with E-state index in [1.165, 1.54) is 11.6 Å². The fourth-order valence-corrected chi connectivity index (χ4v) is 2.18. The van der Waals surface area contributed by atoms with Gasteiger partial charge in [0, 0.05) is 30.4 Å². The van der Waals surface area contributed by atoms with Crippen molar-refractivity contribution in [3.63, 3.8) is 0 Å². The molecule has 0 aliphatic carbocycles. The number of anilines is 1. The van der Waals surface area contributed by atoms with Crippen molar-refractivity contribution in [3.8, 4) is 0 Å². The van der Waals surface area contributed by atoms with Gasteiger partial charge in [0.2, 0.25) is 0 Å². The van der Waals surface area contributed by atoms with Crippen LogP contribution in [0.5, 0.6) is 0 Å². The summed E-state index contributed by atoms with van der Waals surface area (Å²) in [6.07, 6.45) is 0. The second-order valence-electron chi connectivity index (χ2n) is 5.18. The number of rotatable bonds is 6. The van der Waals surface area contributed by atoms with Crippen LogP contribution in [0.4, 0.5) is 11.4 Å². The number of para-hydroxylation sites is 1. The summed E-state index contributed by atoms with van der Waals surface area (Å²) in [5.41, 5.74) is 3.00. The lowest BCUT2D eigenvalue weighted by atomic mass is 10.1. The summed E-state index contributed by atoms with van der Waals surface area (Å²) in [6, 6.07) is 14.9. The van der Waals surface area contributed by atoms with Gasteiger partial charge in [0.15, 0.2) is 0 Å². The quantitative estimate of drug-likeness (QED) is 0.653. The minimum Gasteiger partial charge on any atom is -0.381 e. The van der Waals surface area contributed by atoms with Gasteiger partial charge in [-0.05, 0) is 31.8 Å². The number of benzene rings is 2. The van der Waals surface area contributed by atoms with Crippen molar-refractivity contribution in [3.05, 3.63) is 69.8 Å². The highest BCUT2D eigenvalue weighted by Gasteiger charge is 2.11. The van der Waals surface area contributed by atoms with E-state index in [0.717, 1.165) is 12.2 Å². The summed E-state index contributed by atoms with van der Waals surface area (Å²) in [7, 11) is 4.04. The number of nitrogens with zero attached hydrogens (tertiary/aromatic N) is 2. The van der Waals surface area contributed by atoms with Crippen LogP contribution >= 0.6 is 0 Å². The van der Waals surface area contributed by atoms with Crippen molar-refractivity contribution in [2.75, 3.05) is 19.4 Å². The Hall–Kier alpha value is -2.40. The summed E-state index contributed by atoms with van der Waals surface area (Å²) in [4.78, 5) is 12.7. The van der Waals surface area contributed by atoms with Crippen molar-refractivity contribution in [2.24, 2.45) is 0 Å². The molecule has 21 heavy (non-hydrogen) atoms. The minimum atomic E-state index is -0.348. The van der Waals surface area contributed by atoms with Crippen molar-refractivity contribution in [1.82, 2.24) is 4.90 Å². The molecule has 5 nitrogen and oxygen atoms in total. The van der Waals surface area contributed by atoms with Crippen molar-refractivity contribution < 1.29 is 4.92 Å². The van der Waals surface area contributed by atoms with Gasteiger partial charge in [-0.2, -0.15) is 0 Å². The average molecular weight is 285 g/mol. The third kappa shape index (κ3) is 4.29. The van der Waals surface area contributed by atoms with Crippen LogP contribution < -0.4 is 5.32 Å². The summed E-state index contributed by atoms with van der Waals surface area (Å²) in [5, 5.41) is 14.2. The lowest BCUT2D eigenvalue weighted by Crippen LogP contribution is -2.11. The summed E-state index contributed by atoms with van der Waals surface area (Å²) >= 11 is 0. The van der Waals surface area contributed by atoms with Gasteiger partial charge in [-0.3, -0.25) is 10.1 Å². The van der Waals surface area contributed by atoms with E-state index in [-0.39, 0.29) is 10.6 Å². The summed E-state index contributed by atoms with van der Waals surface area (Å²) in [5.74, 6) is 0. The largest absolute Gasteiger partial charge is 0.381 e. The van der Waals surface area contributed by atoms with Gasteiger partial charge in [0.1, 0.15) is 0 Å². The summed E-state index contributed by atoms with van der Waals surface area (Å²) in [6.45, 7) is 1.30. The van der Waals surface area contributed by atoms with E-state index in [1.54, 1.807) is 12.1 Å². The minimum absolute atomic E-state index is 0.148. The molecule has 0 amide bonds. The molecule has 0 aliphatic rings. The van der Waals surface area contributed by atoms with Crippen molar-refractivity contribution >= 4 is 11.4 Å². The molecule has 0 saturated carbocycles. The Labute approximate surface area is 124 Å². The molecular weight excluding hydrogens is 266 g/mol. The SMILES string of the molecule is CN(C)Cc1cccc(NCc2ccccc2[N+](=O)[O-])c1. The molecule has 0 unspecified atom stereocenters. The topological polar surface area (TPSA) is 58.4 Å². The molecule has 2 aromatic rings. The third-order valence-corrected chi connectivity index (χ3v) is 3.10. The van der Waals surface area contributed by atoms with E-state index in [1.807, 2.05) is 32.3 Å². The fourth-order valence-electron chi connectivity index (χ4n) is 2.18. The molecule has 0 heterocycles. The highest BCUT2D eigenvalue weighted by molar-refractivity contribution is 5.48. The Kier molecular flexibility index (Phi) is 4.90. The van der Waals surface area contributed by atoms with Crippen molar-refractivity contribution in [2.45, 2.75) is 13.1 Å². The van der Waals surface area contributed by atoms with E-state index in [9.17, 15) is 10.1 Å². The van der Waals surface area contributed by atoms with E-state index in [0.29, 0.717) is 12.1 Å². The normalized spacial score (nSPS) is 10.6. The molecule has 110 valence electrons. The maximum Gasteiger partial charge on any atom is 0.274 e. The number of hydrogen-bond donors (Lipinski definition) is 1. The highest BCUT2D eigenvalue weighted by atomic mass is 16.6. The van der Waals surface area contributed by atoms with Crippen LogP contribution in [0.1, 0.15) is 11.1 Å². The number of nitro groups is 1. The second kappa shape index (κ2) is 6.85. The molecule has 5 heteroatoms. The Balaban J connectivity index is 2.08. The number of hydrogen-bond acceptors (Lipinski definition) is 4. The van der Waals surface area contributed by atoms with Crippen LogP contribution in [0.25, 0.3) is 0 Å². The van der Waals surface area contributed by atoms with Crippen LogP contribution in [0.2, 0.25) is 0 Å². The molecule has 0 aliphatic heterocycles. The lowest BCUT2D eigenvalue weighted by Gasteiger charge is -2.12. The maximum atomic E-state index is 11.0. The molecule has 1 N–H and O–H groups in total. The first-order valence-corrected chi connectivity index (χ1v) is 6.76. The van der Waals surface area contributed by atoms with Crippen LogP contribution in [0.15, 0.2) is 48.5 Å². The standard InChI is InChI=1S/C16H19N3O2/c1-18(2)12-13-6-5-8-15(10-13)17-11-14-7-3-4-9-16(14)19(20)21/h3-10,17H,11-12H2,1-2H3. The smallest absolute Gasteiger partial charge is 0.274 e. The third-order valence-electron chi connectivity index (χ3n) is 3.10. The lowest BCUT2D eigenvalue weighted by molar-refractivity contribution is -0.385. The predicted molar refractivity (Wildman–Crippen MR) is 84.3 cm³/mol. The Morgan fingerprint density at radius 3 is 2.62 bits per heavy atom. The van der Waals surface area contributed by atoms with Crippen LogP contribution in [-0.4, -0.2) is 23.9 Å². The molecule has 2 aromatic carbocycles. The zero-order valence-corrected chi connectivity index (χ0v) is 12.2. The van der Waals surface area contributed by atoms with Gasteiger partial charge in [-0.1, -0.05) is 30.3 Å². The van der Waals surface area contributed by atoms with Crippen LogP contribution in [0, 0.1) is 10.1 Å². The molecular formula is C16H19N3O2. The van der Waals surface area contributed by atoms with Gasteiger partial charge in [0.25, 0.3) is 5.69 Å². The molecule has 0 spiro atoms. The van der Waals surface area contributed by atoms with Gasteiger partial charge < -0.3 is 10.2 Å². The van der Waals surface area contributed by atoms with E-state index >= 15 is 0 Å². The van der Waals surface area contributed by atoms with Crippen molar-refractivity contribution in [1.29, 1.82) is 0 Å². The Bertz CT molecular complexity index is 626. The first kappa shape index (κ1) is 15.0. The highest BCUT2D eigenvalue weighted by Crippen LogP contribution is 2.19. The second-order valence-corrected chi connectivity index (χ2v) is 5.18. The Morgan fingerprint density at radius 2 is 1.90 bits per heavy atom. The summed E-state index contributed by atoms with van der Waals surface area (Å²) < 4.78 is 0. The average Bonchev–Trinajstić information content (AvgIpc) is 2.45. The predicted octanol–water partition coefficient (Wildman–Crippen LogP) is 3.27. The first-order chi connectivity index (χ1) is 10.1. The number of nitro benzene ring substituents is 1. The van der Waals surface area contributed by atoms with Crippen LogP contribution in [0.3, 0.4) is 0 Å². The van der Waals surface area contributed by atoms with Gasteiger partial charge >= 0.3 is 0 Å². The zero-order chi connectivity index (χ0) is 15.2. The molecule has 0 aromatic heterocycles. The van der Waals surface area contributed by atoms with Crippen LogP contribution in [-0.2, 0) is 13.1 Å². The zero-order valence-electron chi connectivity index (χ0n) is 12.2. The molecule has 0 bridgehead atoms.